The third-order valence-electron chi connectivity index (χ3n) is 4.49. The molecule has 0 unspecified atom stereocenters. The average Bonchev–Trinajstić information content (AvgIpc) is 2.86. The summed E-state index contributed by atoms with van der Waals surface area (Å²) in [4.78, 5) is 32.2. The van der Waals surface area contributed by atoms with Crippen molar-refractivity contribution in [2.75, 3.05) is 33.2 Å². The van der Waals surface area contributed by atoms with Crippen LogP contribution >= 0.6 is 0 Å². The molecular weight excluding hydrogens is 316 g/mol. The maximum atomic E-state index is 12.7. The predicted octanol–water partition coefficient (Wildman–Crippen LogP) is 1.63. The molecule has 3 rings (SSSR count). The fourth-order valence-electron chi connectivity index (χ4n) is 2.97. The van der Waals surface area contributed by atoms with Crippen LogP contribution in [0.25, 0.3) is 11.1 Å². The van der Waals surface area contributed by atoms with Crippen molar-refractivity contribution in [1.82, 2.24) is 14.8 Å². The first-order valence-electron chi connectivity index (χ1n) is 8.38. The summed E-state index contributed by atoms with van der Waals surface area (Å²) in [6, 6.07) is 9.10. The van der Waals surface area contributed by atoms with Crippen LogP contribution in [0.4, 0.5) is 0 Å². The number of likely N-dealkylation sites (N-methyl/N-ethyl adjacent to an activating group) is 1. The highest BCUT2D eigenvalue weighted by Gasteiger charge is 2.18. The SMILES string of the molecule is CN1CCCN(C(=O)c2ccc(-c3cncc(C(N)=O)c3)cc2)CC1. The van der Waals surface area contributed by atoms with Gasteiger partial charge >= 0.3 is 0 Å². The van der Waals surface area contributed by atoms with E-state index in [4.69, 9.17) is 5.73 Å². The second-order valence-electron chi connectivity index (χ2n) is 6.35. The van der Waals surface area contributed by atoms with E-state index in [2.05, 4.69) is 16.9 Å². The topological polar surface area (TPSA) is 79.5 Å². The molecular formula is C19H22N4O2. The lowest BCUT2D eigenvalue weighted by Crippen LogP contribution is -2.34. The molecule has 6 heteroatoms. The molecule has 0 aliphatic carbocycles. The van der Waals surface area contributed by atoms with Gasteiger partial charge in [-0.2, -0.15) is 0 Å². The number of benzene rings is 1. The largest absolute Gasteiger partial charge is 0.366 e. The van der Waals surface area contributed by atoms with E-state index in [-0.39, 0.29) is 5.91 Å². The van der Waals surface area contributed by atoms with Gasteiger partial charge in [0.1, 0.15) is 0 Å². The Kier molecular flexibility index (Phi) is 5.09. The van der Waals surface area contributed by atoms with E-state index in [9.17, 15) is 9.59 Å². The number of aromatic nitrogens is 1. The summed E-state index contributed by atoms with van der Waals surface area (Å²) in [5, 5.41) is 0. The molecule has 0 saturated carbocycles. The number of carbonyl (C=O) groups is 2. The van der Waals surface area contributed by atoms with E-state index in [0.717, 1.165) is 43.7 Å². The van der Waals surface area contributed by atoms with Gasteiger partial charge in [-0.3, -0.25) is 14.6 Å². The number of nitrogens with two attached hydrogens (primary N) is 1. The molecule has 2 amide bonds. The van der Waals surface area contributed by atoms with Crippen molar-refractivity contribution in [1.29, 1.82) is 0 Å². The zero-order chi connectivity index (χ0) is 17.8. The lowest BCUT2D eigenvalue weighted by molar-refractivity contribution is 0.0762. The maximum absolute atomic E-state index is 12.7. The van der Waals surface area contributed by atoms with Crippen molar-refractivity contribution in [2.24, 2.45) is 5.73 Å². The predicted molar refractivity (Wildman–Crippen MR) is 96.2 cm³/mol. The zero-order valence-corrected chi connectivity index (χ0v) is 14.3. The maximum Gasteiger partial charge on any atom is 0.253 e. The fourth-order valence-corrected chi connectivity index (χ4v) is 2.97. The van der Waals surface area contributed by atoms with Gasteiger partial charge in [0.05, 0.1) is 5.56 Å². The van der Waals surface area contributed by atoms with Crippen LogP contribution < -0.4 is 5.73 Å². The highest BCUT2D eigenvalue weighted by atomic mass is 16.2. The first-order chi connectivity index (χ1) is 12.0. The number of hydrogen-bond donors (Lipinski definition) is 1. The minimum Gasteiger partial charge on any atom is -0.366 e. The Morgan fingerprint density at radius 1 is 0.960 bits per heavy atom. The summed E-state index contributed by atoms with van der Waals surface area (Å²) < 4.78 is 0. The molecule has 6 nitrogen and oxygen atoms in total. The first-order valence-corrected chi connectivity index (χ1v) is 8.38. The summed E-state index contributed by atoms with van der Waals surface area (Å²) in [5.41, 5.74) is 8.03. The number of hydrogen-bond acceptors (Lipinski definition) is 4. The molecule has 1 aromatic heterocycles. The Balaban J connectivity index is 1.77. The third kappa shape index (κ3) is 4.03. The second kappa shape index (κ2) is 7.44. The minimum atomic E-state index is -0.507. The monoisotopic (exact) mass is 338 g/mol. The Labute approximate surface area is 147 Å². The van der Waals surface area contributed by atoms with Gasteiger partial charge in [0, 0.05) is 43.2 Å². The molecule has 1 aromatic carbocycles. The number of pyridine rings is 1. The Bertz CT molecular complexity index is 773. The lowest BCUT2D eigenvalue weighted by Gasteiger charge is -2.20. The quantitative estimate of drug-likeness (QED) is 0.922. The van der Waals surface area contributed by atoms with Gasteiger partial charge in [-0.15, -0.1) is 0 Å². The van der Waals surface area contributed by atoms with Crippen molar-refractivity contribution in [3.05, 3.63) is 53.9 Å². The van der Waals surface area contributed by atoms with Crippen LogP contribution in [-0.2, 0) is 0 Å². The summed E-state index contributed by atoms with van der Waals surface area (Å²) in [7, 11) is 2.08. The molecule has 130 valence electrons. The number of amides is 2. The van der Waals surface area contributed by atoms with Crippen LogP contribution in [0.5, 0.6) is 0 Å². The molecule has 2 heterocycles. The van der Waals surface area contributed by atoms with Crippen LogP contribution in [0.2, 0.25) is 0 Å². The summed E-state index contributed by atoms with van der Waals surface area (Å²) in [6.45, 7) is 3.46. The first kappa shape index (κ1) is 17.1. The Morgan fingerprint density at radius 2 is 1.72 bits per heavy atom. The van der Waals surface area contributed by atoms with Crippen molar-refractivity contribution in [3.63, 3.8) is 0 Å². The number of rotatable bonds is 3. The molecule has 0 atom stereocenters. The lowest BCUT2D eigenvalue weighted by atomic mass is 10.0. The van der Waals surface area contributed by atoms with Gasteiger partial charge in [0.15, 0.2) is 0 Å². The van der Waals surface area contributed by atoms with E-state index in [1.807, 2.05) is 29.2 Å². The molecule has 1 fully saturated rings. The normalized spacial score (nSPS) is 15.6. The van der Waals surface area contributed by atoms with E-state index in [1.54, 1.807) is 12.3 Å². The standard InChI is InChI=1S/C19H22N4O2/c1-22-7-2-8-23(10-9-22)19(25)15-5-3-14(4-6-15)16-11-17(18(20)24)13-21-12-16/h3-6,11-13H,2,7-10H2,1H3,(H2,20,24). The summed E-state index contributed by atoms with van der Waals surface area (Å²) in [6.07, 6.45) is 4.11. The third-order valence-corrected chi connectivity index (χ3v) is 4.49. The van der Waals surface area contributed by atoms with Crippen LogP contribution in [0.15, 0.2) is 42.7 Å². The number of primary amides is 1. The molecule has 25 heavy (non-hydrogen) atoms. The molecule has 0 spiro atoms. The highest BCUT2D eigenvalue weighted by molar-refractivity contribution is 5.95. The molecule has 1 aliphatic rings. The van der Waals surface area contributed by atoms with Gasteiger partial charge in [-0.1, -0.05) is 12.1 Å². The number of nitrogens with zero attached hydrogens (tertiary/aromatic N) is 3. The van der Waals surface area contributed by atoms with Crippen molar-refractivity contribution in [3.8, 4) is 11.1 Å². The smallest absolute Gasteiger partial charge is 0.253 e. The molecule has 0 bridgehead atoms. The fraction of sp³-hybridized carbons (Fsp3) is 0.316. The van der Waals surface area contributed by atoms with Crippen LogP contribution in [0.3, 0.4) is 0 Å². The highest BCUT2D eigenvalue weighted by Crippen LogP contribution is 2.20. The molecule has 2 N–H and O–H groups in total. The Morgan fingerprint density at radius 3 is 2.44 bits per heavy atom. The van der Waals surface area contributed by atoms with Crippen molar-refractivity contribution >= 4 is 11.8 Å². The van der Waals surface area contributed by atoms with Crippen LogP contribution in [-0.4, -0.2) is 59.8 Å². The summed E-state index contributed by atoms with van der Waals surface area (Å²) in [5.74, 6) is -0.446. The van der Waals surface area contributed by atoms with Crippen LogP contribution in [0, 0.1) is 0 Å². The number of carbonyl (C=O) groups excluding carboxylic acids is 2. The van der Waals surface area contributed by atoms with Gasteiger partial charge in [-0.25, -0.2) is 0 Å². The average molecular weight is 338 g/mol. The molecule has 1 aliphatic heterocycles. The minimum absolute atomic E-state index is 0.0610. The summed E-state index contributed by atoms with van der Waals surface area (Å²) >= 11 is 0. The Hall–Kier alpha value is -2.73. The van der Waals surface area contributed by atoms with E-state index in [1.165, 1.54) is 6.20 Å². The van der Waals surface area contributed by atoms with Gasteiger partial charge in [-0.05, 0) is 43.8 Å². The van der Waals surface area contributed by atoms with E-state index >= 15 is 0 Å². The molecule has 0 radical (unpaired) electrons. The second-order valence-corrected chi connectivity index (χ2v) is 6.35. The molecule has 1 saturated heterocycles. The van der Waals surface area contributed by atoms with Gasteiger partial charge in [0.2, 0.25) is 5.91 Å². The van der Waals surface area contributed by atoms with E-state index < -0.39 is 5.91 Å². The zero-order valence-electron chi connectivity index (χ0n) is 14.3. The van der Waals surface area contributed by atoms with Crippen molar-refractivity contribution < 1.29 is 9.59 Å². The van der Waals surface area contributed by atoms with E-state index in [0.29, 0.717) is 11.1 Å². The van der Waals surface area contributed by atoms with Crippen molar-refractivity contribution in [2.45, 2.75) is 6.42 Å². The van der Waals surface area contributed by atoms with Crippen LogP contribution in [0.1, 0.15) is 27.1 Å². The van der Waals surface area contributed by atoms with Gasteiger partial charge in [0.25, 0.3) is 5.91 Å². The molecule has 2 aromatic rings. The van der Waals surface area contributed by atoms with Gasteiger partial charge < -0.3 is 15.5 Å².